The van der Waals surface area contributed by atoms with Crippen molar-refractivity contribution in [2.75, 3.05) is 8.86 Å². The molecular formula is C44H58I2N6O14S. The van der Waals surface area contributed by atoms with E-state index >= 15 is 0 Å². The molecule has 67 heavy (non-hydrogen) atoms. The maximum atomic E-state index is 14.1. The number of halogens is 2. The van der Waals surface area contributed by atoms with Crippen LogP contribution in [-0.2, 0) is 51.4 Å². The molecule has 2 rings (SSSR count). The van der Waals surface area contributed by atoms with Crippen LogP contribution < -0.4 is 21.3 Å². The number of alkyl halides is 2. The lowest BCUT2D eigenvalue weighted by Crippen LogP contribution is -2.55. The molecular weight excluding hydrogens is 1120 g/mol. The average molecular weight is 1180 g/mol. The molecule has 368 valence electrons. The summed E-state index contributed by atoms with van der Waals surface area (Å²) in [4.78, 5) is 101. The summed E-state index contributed by atoms with van der Waals surface area (Å²) in [6.45, 7) is 16.5. The zero-order valence-corrected chi connectivity index (χ0v) is 43.1. The molecule has 0 aliphatic heterocycles. The summed E-state index contributed by atoms with van der Waals surface area (Å²) < 4.78 is 28.3. The topological polar surface area (TPSA) is 311 Å². The maximum Gasteiger partial charge on any atom is 0.269 e. The number of sulfone groups is 1. The second-order valence-corrected chi connectivity index (χ2v) is 21.1. The van der Waals surface area contributed by atoms with Crippen molar-refractivity contribution in [1.82, 2.24) is 21.3 Å². The van der Waals surface area contributed by atoms with Gasteiger partial charge >= 0.3 is 0 Å². The van der Waals surface area contributed by atoms with Gasteiger partial charge < -0.3 is 31.5 Å². The van der Waals surface area contributed by atoms with Gasteiger partial charge in [0.05, 0.1) is 46.0 Å². The Labute approximate surface area is 416 Å². The third-order valence-corrected chi connectivity index (χ3v) is 15.0. The fourth-order valence-corrected chi connectivity index (χ4v) is 8.32. The van der Waals surface area contributed by atoms with E-state index in [-0.39, 0.29) is 68.9 Å². The number of nitrogens with one attached hydrogen (secondary N) is 4. The molecule has 6 atom stereocenters. The highest BCUT2D eigenvalue weighted by Gasteiger charge is 2.40. The first-order chi connectivity index (χ1) is 30.9. The largest absolute Gasteiger partial charge is 0.389 e. The van der Waals surface area contributed by atoms with Gasteiger partial charge in [-0.2, -0.15) is 0 Å². The van der Waals surface area contributed by atoms with Crippen molar-refractivity contribution in [2.45, 2.75) is 115 Å². The van der Waals surface area contributed by atoms with E-state index in [0.29, 0.717) is 0 Å². The normalized spacial score (nSPS) is 15.1. The van der Waals surface area contributed by atoms with Crippen molar-refractivity contribution in [3.8, 4) is 0 Å². The SMILES string of the molecule is C=C(C(=O)[C@H](CC(C)C)NC(=O)[C@H](CC(C)(O)CI)NC(=O)Cc1cccc([N+](=O)[O-])c1)S(=O)(=O)C(=C)C(=O)[C@H](CC(C)C)NC(=O)[C@H](CC(C)(O)CI)NC(=O)Cc1cccc([N+](=O)[O-])c1. The molecule has 0 aromatic heterocycles. The molecule has 2 aromatic rings. The number of non-ortho nitro benzene ring substituents is 2. The number of nitrogens with zero attached hydrogens (tertiary/aromatic N) is 2. The molecule has 23 heteroatoms. The summed E-state index contributed by atoms with van der Waals surface area (Å²) >= 11 is 3.75. The quantitative estimate of drug-likeness (QED) is 0.0230. The zero-order chi connectivity index (χ0) is 51.2. The van der Waals surface area contributed by atoms with E-state index in [9.17, 15) is 67.6 Å². The minimum Gasteiger partial charge on any atom is -0.389 e. The molecule has 6 N–H and O–H groups in total. The fraction of sp³-hybridized carbons (Fsp3) is 0.500. The van der Waals surface area contributed by atoms with Crippen LogP contribution in [0.15, 0.2) is 71.5 Å². The van der Waals surface area contributed by atoms with E-state index < -0.39 is 113 Å². The van der Waals surface area contributed by atoms with Crippen molar-refractivity contribution in [1.29, 1.82) is 0 Å². The lowest BCUT2D eigenvalue weighted by atomic mass is 9.96. The van der Waals surface area contributed by atoms with E-state index in [2.05, 4.69) is 34.4 Å². The van der Waals surface area contributed by atoms with Gasteiger partial charge in [-0.05, 0) is 49.7 Å². The molecule has 20 nitrogen and oxygen atoms in total. The van der Waals surface area contributed by atoms with Gasteiger partial charge in [0.25, 0.3) is 11.4 Å². The highest BCUT2D eigenvalue weighted by Crippen LogP contribution is 2.25. The summed E-state index contributed by atoms with van der Waals surface area (Å²) in [5.74, 6) is -6.64. The van der Waals surface area contributed by atoms with Crippen LogP contribution >= 0.6 is 45.2 Å². The molecule has 2 unspecified atom stereocenters. The Morgan fingerprint density at radius 2 is 0.970 bits per heavy atom. The van der Waals surface area contributed by atoms with E-state index in [0.717, 1.165) is 0 Å². The number of nitro groups is 2. The predicted molar refractivity (Wildman–Crippen MR) is 266 cm³/mol. The summed E-state index contributed by atoms with van der Waals surface area (Å²) in [7, 11) is -5.11. The van der Waals surface area contributed by atoms with E-state index in [1.54, 1.807) is 27.7 Å². The minimum absolute atomic E-state index is 0.102. The van der Waals surface area contributed by atoms with Gasteiger partial charge in [-0.25, -0.2) is 8.42 Å². The number of amides is 4. The number of aliphatic hydroxyl groups is 2. The first kappa shape index (κ1) is 58.4. The third-order valence-electron chi connectivity index (χ3n) is 10.0. The zero-order valence-electron chi connectivity index (χ0n) is 38.0. The maximum absolute atomic E-state index is 14.1. The third kappa shape index (κ3) is 18.7. The number of ketones is 2. The second-order valence-electron chi connectivity index (χ2n) is 17.6. The van der Waals surface area contributed by atoms with E-state index in [1.165, 1.54) is 62.4 Å². The highest BCUT2D eigenvalue weighted by atomic mass is 127. The summed E-state index contributed by atoms with van der Waals surface area (Å²) in [6.07, 6.45) is -1.83. The van der Waals surface area contributed by atoms with Crippen LogP contribution in [0.3, 0.4) is 0 Å². The van der Waals surface area contributed by atoms with Crippen LogP contribution in [-0.4, -0.2) is 108 Å². The van der Waals surface area contributed by atoms with Gasteiger partial charge in [-0.15, -0.1) is 0 Å². The van der Waals surface area contributed by atoms with Crippen molar-refractivity contribution in [2.24, 2.45) is 11.8 Å². The first-order valence-electron chi connectivity index (χ1n) is 20.9. The summed E-state index contributed by atoms with van der Waals surface area (Å²) in [6, 6.07) is 4.34. The van der Waals surface area contributed by atoms with Crippen LogP contribution in [0.2, 0.25) is 0 Å². The van der Waals surface area contributed by atoms with Gasteiger partial charge in [-0.1, -0.05) is 110 Å². The Bertz CT molecular complexity index is 2180. The van der Waals surface area contributed by atoms with Crippen LogP contribution in [0.4, 0.5) is 11.4 Å². The molecule has 0 heterocycles. The Kier molecular flexibility index (Phi) is 22.3. The number of carbonyl (C=O) groups is 6. The molecule has 2 aromatic carbocycles. The number of hydrogen-bond donors (Lipinski definition) is 6. The van der Waals surface area contributed by atoms with Gasteiger partial charge in [0, 0.05) is 46.0 Å². The Hall–Kier alpha value is -4.73. The van der Waals surface area contributed by atoms with Crippen LogP contribution in [0.25, 0.3) is 0 Å². The molecule has 0 aliphatic carbocycles. The lowest BCUT2D eigenvalue weighted by Gasteiger charge is -2.29. The van der Waals surface area contributed by atoms with Gasteiger partial charge in [0.1, 0.15) is 21.9 Å². The van der Waals surface area contributed by atoms with Gasteiger partial charge in [0.15, 0.2) is 11.6 Å². The van der Waals surface area contributed by atoms with Crippen molar-refractivity contribution < 1.29 is 57.2 Å². The molecule has 0 radical (unpaired) electrons. The van der Waals surface area contributed by atoms with Crippen molar-refractivity contribution >= 4 is 102 Å². The number of carbonyl (C=O) groups excluding carboxylic acids is 6. The molecule has 0 saturated carbocycles. The van der Waals surface area contributed by atoms with Gasteiger partial charge in [-0.3, -0.25) is 49.0 Å². The summed E-state index contributed by atoms with van der Waals surface area (Å²) in [5, 5.41) is 54.3. The number of Topliss-reactive ketones (excluding diaryl/α,β-unsaturated/α-hetero) is 2. The number of hydrogen-bond acceptors (Lipinski definition) is 14. The molecule has 0 aliphatic rings. The van der Waals surface area contributed by atoms with Crippen molar-refractivity contribution in [3.63, 3.8) is 0 Å². The fourth-order valence-electron chi connectivity index (χ4n) is 6.58. The standard InChI is InChI=1S/C44H58I2N6O14S/c1-25(2)15-33(49-41(57)35(21-43(7,59)23-45)47-37(53)19-29-11-9-13-31(17-29)51(61)62)39(55)27(5)67(65,66)28(6)40(56)34(16-26(3)4)50-42(58)36(22-44(8,60)24-46)48-38(54)20-30-12-10-14-32(18-30)52(63)64/h9-14,17-18,25-26,33-36,59-60H,5-6,15-16,19-24H2,1-4,7-8H3,(H,47,53)(H,48,54)(H,49,57)(H,50,58)/t33-,34-,35-,36-,43?,44?/m0/s1. The van der Waals surface area contributed by atoms with E-state index in [4.69, 9.17) is 0 Å². The minimum atomic E-state index is -5.11. The Morgan fingerprint density at radius 3 is 1.25 bits per heavy atom. The average Bonchev–Trinajstić information content (AvgIpc) is 3.23. The molecule has 0 bridgehead atoms. The molecule has 0 spiro atoms. The van der Waals surface area contributed by atoms with Crippen LogP contribution in [0, 0.1) is 32.1 Å². The predicted octanol–water partition coefficient (Wildman–Crippen LogP) is 4.05. The molecule has 0 saturated heterocycles. The number of benzene rings is 2. The van der Waals surface area contributed by atoms with Crippen LogP contribution in [0.1, 0.15) is 78.4 Å². The first-order valence-corrected chi connectivity index (χ1v) is 25.4. The van der Waals surface area contributed by atoms with E-state index in [1.807, 2.05) is 45.2 Å². The monoisotopic (exact) mass is 1180 g/mol. The van der Waals surface area contributed by atoms with Crippen molar-refractivity contribution in [3.05, 3.63) is 103 Å². The molecule has 4 amide bonds. The summed E-state index contributed by atoms with van der Waals surface area (Å²) in [5.41, 5.74) is -3.11. The highest BCUT2D eigenvalue weighted by molar-refractivity contribution is 14.1. The lowest BCUT2D eigenvalue weighted by molar-refractivity contribution is -0.385. The molecule has 0 fully saturated rings. The Balaban J connectivity index is 2.41. The number of nitro benzene ring substituents is 2. The Morgan fingerprint density at radius 1 is 0.642 bits per heavy atom. The second kappa shape index (κ2) is 25.6. The smallest absolute Gasteiger partial charge is 0.269 e. The van der Waals surface area contributed by atoms with Gasteiger partial charge in [0.2, 0.25) is 33.5 Å². The van der Waals surface area contributed by atoms with Crippen LogP contribution in [0.5, 0.6) is 0 Å². The number of rotatable bonds is 28.